The molecule has 1 aliphatic carbocycles. The summed E-state index contributed by atoms with van der Waals surface area (Å²) in [5, 5.41) is 16.5. The second-order valence-corrected chi connectivity index (χ2v) is 9.12. The highest BCUT2D eigenvalue weighted by molar-refractivity contribution is 5.60. The molecule has 0 bridgehead atoms. The molecule has 33 heavy (non-hydrogen) atoms. The van der Waals surface area contributed by atoms with E-state index in [1.165, 1.54) is 44.6 Å². The zero-order valence-electron chi connectivity index (χ0n) is 19.8. The summed E-state index contributed by atoms with van der Waals surface area (Å²) < 4.78 is 14.2. The number of nitrogens with one attached hydrogen (secondary N) is 5. The molecule has 2 unspecified atom stereocenters. The highest BCUT2D eigenvalue weighted by Gasteiger charge is 2.24. The molecule has 2 atom stereocenters. The number of rotatable bonds is 10. The van der Waals surface area contributed by atoms with Crippen LogP contribution in [0.1, 0.15) is 58.3 Å². The van der Waals surface area contributed by atoms with E-state index in [2.05, 4.69) is 48.5 Å². The molecule has 9 heteroatoms. The van der Waals surface area contributed by atoms with Crippen LogP contribution in [0.2, 0.25) is 0 Å². The summed E-state index contributed by atoms with van der Waals surface area (Å²) in [7, 11) is 1.70. The van der Waals surface area contributed by atoms with E-state index in [-0.39, 0.29) is 11.9 Å². The SMILES string of the molecule is CCC(Nc1nc(NCC2CCCCC2)nc(Nc2ccc(NC)c(F)c2)n1)C1CCCN1. The van der Waals surface area contributed by atoms with Crippen molar-refractivity contribution in [3.63, 3.8) is 0 Å². The molecule has 4 rings (SSSR count). The first-order chi connectivity index (χ1) is 16.1. The van der Waals surface area contributed by atoms with Gasteiger partial charge in [-0.15, -0.1) is 0 Å². The standard InChI is InChI=1S/C24H37FN8/c1-3-19(21-10-7-13-27-21)30-24-32-22(28-15-16-8-5-4-6-9-16)31-23(33-24)29-17-11-12-20(26-2)18(25)14-17/h11-12,14,16,19,21,26-27H,3-10,13,15H2,1-2H3,(H3,28,29,30,31,32,33). The van der Waals surface area contributed by atoms with Crippen molar-refractivity contribution in [2.24, 2.45) is 5.92 Å². The second-order valence-electron chi connectivity index (χ2n) is 9.12. The molecular formula is C24H37FN8. The molecule has 1 saturated heterocycles. The average Bonchev–Trinajstić information content (AvgIpc) is 3.37. The lowest BCUT2D eigenvalue weighted by Crippen LogP contribution is -2.40. The van der Waals surface area contributed by atoms with Gasteiger partial charge in [-0.2, -0.15) is 15.0 Å². The molecule has 2 fully saturated rings. The molecule has 0 spiro atoms. The van der Waals surface area contributed by atoms with Crippen molar-refractivity contribution in [1.29, 1.82) is 0 Å². The molecule has 8 nitrogen and oxygen atoms in total. The maximum absolute atomic E-state index is 14.2. The summed E-state index contributed by atoms with van der Waals surface area (Å²) >= 11 is 0. The molecule has 1 aliphatic heterocycles. The second kappa shape index (κ2) is 11.4. The van der Waals surface area contributed by atoms with Crippen LogP contribution in [-0.4, -0.2) is 47.2 Å². The number of anilines is 5. The van der Waals surface area contributed by atoms with Crippen LogP contribution in [0.25, 0.3) is 0 Å². The quantitative estimate of drug-likeness (QED) is 0.350. The van der Waals surface area contributed by atoms with Crippen LogP contribution in [0.5, 0.6) is 0 Å². The van der Waals surface area contributed by atoms with E-state index in [1.807, 2.05) is 0 Å². The molecule has 1 saturated carbocycles. The smallest absolute Gasteiger partial charge is 0.233 e. The van der Waals surface area contributed by atoms with Gasteiger partial charge in [-0.05, 0) is 62.8 Å². The van der Waals surface area contributed by atoms with E-state index in [4.69, 9.17) is 0 Å². The summed E-state index contributed by atoms with van der Waals surface area (Å²) in [6, 6.07) is 5.58. The third kappa shape index (κ3) is 6.43. The van der Waals surface area contributed by atoms with Gasteiger partial charge in [-0.25, -0.2) is 4.39 Å². The van der Waals surface area contributed by atoms with E-state index >= 15 is 0 Å². The third-order valence-corrected chi connectivity index (χ3v) is 6.74. The van der Waals surface area contributed by atoms with Crippen molar-refractivity contribution >= 4 is 29.2 Å². The molecule has 1 aromatic carbocycles. The van der Waals surface area contributed by atoms with Gasteiger partial charge in [0.2, 0.25) is 17.8 Å². The lowest BCUT2D eigenvalue weighted by atomic mass is 9.89. The Bertz CT molecular complexity index is 896. The van der Waals surface area contributed by atoms with Gasteiger partial charge in [0, 0.05) is 31.4 Å². The molecule has 0 amide bonds. The maximum atomic E-state index is 14.2. The zero-order chi connectivity index (χ0) is 23.0. The number of aromatic nitrogens is 3. The van der Waals surface area contributed by atoms with Gasteiger partial charge in [0.15, 0.2) is 0 Å². The van der Waals surface area contributed by atoms with Gasteiger partial charge < -0.3 is 26.6 Å². The molecule has 1 aromatic heterocycles. The van der Waals surface area contributed by atoms with Crippen LogP contribution in [0.15, 0.2) is 18.2 Å². The van der Waals surface area contributed by atoms with Crippen LogP contribution in [0.4, 0.5) is 33.6 Å². The molecular weight excluding hydrogens is 419 g/mol. The molecule has 2 heterocycles. The predicted octanol–water partition coefficient (Wildman–Crippen LogP) is 4.73. The first kappa shape index (κ1) is 23.5. The highest BCUT2D eigenvalue weighted by atomic mass is 19.1. The van der Waals surface area contributed by atoms with Crippen LogP contribution in [-0.2, 0) is 0 Å². The van der Waals surface area contributed by atoms with Gasteiger partial charge in [0.05, 0.1) is 5.69 Å². The first-order valence-electron chi connectivity index (χ1n) is 12.4. The first-order valence-corrected chi connectivity index (χ1v) is 12.4. The fourth-order valence-electron chi connectivity index (χ4n) is 4.83. The van der Waals surface area contributed by atoms with Crippen molar-refractivity contribution in [3.8, 4) is 0 Å². The Morgan fingerprint density at radius 3 is 2.52 bits per heavy atom. The molecule has 5 N–H and O–H groups in total. The summed E-state index contributed by atoms with van der Waals surface area (Å²) in [5.41, 5.74) is 1.04. The third-order valence-electron chi connectivity index (χ3n) is 6.74. The lowest BCUT2D eigenvalue weighted by Gasteiger charge is -2.24. The Morgan fingerprint density at radius 1 is 1.03 bits per heavy atom. The highest BCUT2D eigenvalue weighted by Crippen LogP contribution is 2.25. The monoisotopic (exact) mass is 456 g/mol. The van der Waals surface area contributed by atoms with Gasteiger partial charge in [-0.1, -0.05) is 26.2 Å². The normalized spacial score (nSPS) is 19.8. The van der Waals surface area contributed by atoms with Gasteiger partial charge >= 0.3 is 0 Å². The van der Waals surface area contributed by atoms with Gasteiger partial charge in [0.25, 0.3) is 0 Å². The van der Waals surface area contributed by atoms with Gasteiger partial charge in [0.1, 0.15) is 5.82 Å². The Morgan fingerprint density at radius 2 is 1.82 bits per heavy atom. The summed E-state index contributed by atoms with van der Waals surface area (Å²) in [6.07, 6.45) is 9.72. The Balaban J connectivity index is 1.52. The molecule has 180 valence electrons. The minimum atomic E-state index is -0.330. The van der Waals surface area contributed by atoms with Crippen molar-refractivity contribution in [3.05, 3.63) is 24.0 Å². The number of hydrogen-bond acceptors (Lipinski definition) is 8. The van der Waals surface area contributed by atoms with E-state index in [0.29, 0.717) is 41.2 Å². The van der Waals surface area contributed by atoms with Crippen molar-refractivity contribution in [2.45, 2.75) is 70.4 Å². The minimum Gasteiger partial charge on any atom is -0.386 e. The van der Waals surface area contributed by atoms with E-state index in [0.717, 1.165) is 25.9 Å². The number of benzene rings is 1. The fraction of sp³-hybridized carbons (Fsp3) is 0.625. The Hall–Kier alpha value is -2.68. The molecule has 2 aliphatic rings. The van der Waals surface area contributed by atoms with E-state index in [9.17, 15) is 4.39 Å². The topological polar surface area (TPSA) is 98.8 Å². The minimum absolute atomic E-state index is 0.237. The van der Waals surface area contributed by atoms with Gasteiger partial charge in [-0.3, -0.25) is 0 Å². The predicted molar refractivity (Wildman–Crippen MR) is 133 cm³/mol. The summed E-state index contributed by atoms with van der Waals surface area (Å²) in [4.78, 5) is 13.8. The van der Waals surface area contributed by atoms with Crippen molar-refractivity contribution in [1.82, 2.24) is 20.3 Å². The summed E-state index contributed by atoms with van der Waals surface area (Å²) in [6.45, 7) is 4.08. The number of nitrogens with zero attached hydrogens (tertiary/aromatic N) is 3. The largest absolute Gasteiger partial charge is 0.386 e. The van der Waals surface area contributed by atoms with Crippen LogP contribution < -0.4 is 26.6 Å². The Kier molecular flexibility index (Phi) is 8.15. The fourth-order valence-corrected chi connectivity index (χ4v) is 4.83. The molecule has 0 radical (unpaired) electrons. The Labute approximate surface area is 196 Å². The number of hydrogen-bond donors (Lipinski definition) is 5. The molecule has 2 aromatic rings. The van der Waals surface area contributed by atoms with E-state index < -0.39 is 0 Å². The zero-order valence-corrected chi connectivity index (χ0v) is 19.8. The lowest BCUT2D eigenvalue weighted by molar-refractivity contribution is 0.373. The average molecular weight is 457 g/mol. The van der Waals surface area contributed by atoms with Crippen LogP contribution in [0, 0.1) is 11.7 Å². The van der Waals surface area contributed by atoms with E-state index in [1.54, 1.807) is 19.2 Å². The van der Waals surface area contributed by atoms with Crippen molar-refractivity contribution < 1.29 is 4.39 Å². The van der Waals surface area contributed by atoms with Crippen molar-refractivity contribution in [2.75, 3.05) is 41.4 Å². The summed E-state index contributed by atoms with van der Waals surface area (Å²) in [5.74, 6) is 1.79. The maximum Gasteiger partial charge on any atom is 0.233 e. The van der Waals surface area contributed by atoms with Crippen LogP contribution >= 0.6 is 0 Å². The number of halogens is 1. The van der Waals surface area contributed by atoms with Crippen LogP contribution in [0.3, 0.4) is 0 Å².